The highest BCUT2D eigenvalue weighted by Gasteiger charge is 2.08. The Balaban J connectivity index is 1.72. The number of nitrogens with zero attached hydrogens (tertiary/aromatic N) is 3. The Morgan fingerprint density at radius 2 is 1.81 bits per heavy atom. The highest BCUT2D eigenvalue weighted by molar-refractivity contribution is 5.65. The van der Waals surface area contributed by atoms with Crippen LogP contribution in [0.25, 0.3) is 0 Å². The van der Waals surface area contributed by atoms with Gasteiger partial charge in [-0.05, 0) is 24.6 Å². The summed E-state index contributed by atoms with van der Waals surface area (Å²) in [4.78, 5) is 4.44. The zero-order valence-corrected chi connectivity index (χ0v) is 15.0. The number of rotatable bonds is 7. The molecule has 0 atom stereocenters. The van der Waals surface area contributed by atoms with Crippen molar-refractivity contribution in [2.75, 3.05) is 24.9 Å². The fourth-order valence-electron chi connectivity index (χ4n) is 2.37. The first kappa shape index (κ1) is 17.5. The maximum atomic E-state index is 5.35. The number of hydrogen-bond acceptors (Lipinski definition) is 7. The van der Waals surface area contributed by atoms with E-state index in [4.69, 9.17) is 9.47 Å². The highest BCUT2D eigenvalue weighted by Crippen LogP contribution is 2.30. The molecule has 0 saturated carbocycles. The van der Waals surface area contributed by atoms with Crippen LogP contribution in [0.15, 0.2) is 48.7 Å². The first-order chi connectivity index (χ1) is 12.7. The number of ether oxygens (including phenoxy) is 2. The molecule has 0 spiro atoms. The molecule has 7 heteroatoms. The van der Waals surface area contributed by atoms with E-state index in [1.54, 1.807) is 20.4 Å². The molecule has 0 unspecified atom stereocenters. The van der Waals surface area contributed by atoms with Crippen molar-refractivity contribution in [3.63, 3.8) is 0 Å². The van der Waals surface area contributed by atoms with Crippen LogP contribution in [0.3, 0.4) is 0 Å². The predicted molar refractivity (Wildman–Crippen MR) is 101 cm³/mol. The molecule has 0 aliphatic rings. The second kappa shape index (κ2) is 8.15. The number of nitrogens with one attached hydrogen (secondary N) is 2. The average molecular weight is 351 g/mol. The summed E-state index contributed by atoms with van der Waals surface area (Å²) in [5.41, 5.74) is 3.10. The molecule has 0 bridgehead atoms. The molecular formula is C19H21N5O2. The third-order valence-corrected chi connectivity index (χ3v) is 3.81. The molecule has 0 saturated heterocycles. The van der Waals surface area contributed by atoms with Crippen LogP contribution in [-0.2, 0) is 6.54 Å². The third-order valence-electron chi connectivity index (χ3n) is 3.81. The number of hydrogen-bond donors (Lipinski definition) is 2. The molecule has 0 aliphatic carbocycles. The van der Waals surface area contributed by atoms with Crippen molar-refractivity contribution in [2.24, 2.45) is 0 Å². The topological polar surface area (TPSA) is 81.2 Å². The maximum absolute atomic E-state index is 5.35. The second-order valence-corrected chi connectivity index (χ2v) is 5.70. The van der Waals surface area contributed by atoms with Gasteiger partial charge in [-0.15, -0.1) is 5.10 Å². The smallest absolute Gasteiger partial charge is 0.249 e. The minimum Gasteiger partial charge on any atom is -0.497 e. The van der Waals surface area contributed by atoms with Gasteiger partial charge in [-0.1, -0.05) is 29.8 Å². The molecule has 0 aliphatic heterocycles. The fourth-order valence-corrected chi connectivity index (χ4v) is 2.37. The number of anilines is 3. The first-order valence-electron chi connectivity index (χ1n) is 8.16. The summed E-state index contributed by atoms with van der Waals surface area (Å²) in [5.74, 6) is 2.36. The van der Waals surface area contributed by atoms with Gasteiger partial charge in [0.1, 0.15) is 11.5 Å². The summed E-state index contributed by atoms with van der Waals surface area (Å²) in [5, 5.41) is 14.4. The molecule has 0 fully saturated rings. The summed E-state index contributed by atoms with van der Waals surface area (Å²) >= 11 is 0. The van der Waals surface area contributed by atoms with E-state index in [0.717, 1.165) is 5.56 Å². The fraction of sp³-hybridized carbons (Fsp3) is 0.211. The molecule has 0 radical (unpaired) electrons. The van der Waals surface area contributed by atoms with Gasteiger partial charge in [-0.25, -0.2) is 0 Å². The van der Waals surface area contributed by atoms with E-state index in [9.17, 15) is 0 Å². The molecule has 1 aromatic heterocycles. The summed E-state index contributed by atoms with van der Waals surface area (Å²) in [6.07, 6.45) is 1.59. The van der Waals surface area contributed by atoms with E-state index < -0.39 is 0 Å². The van der Waals surface area contributed by atoms with Crippen LogP contribution < -0.4 is 20.1 Å². The molecule has 2 aromatic carbocycles. The van der Waals surface area contributed by atoms with Crippen molar-refractivity contribution < 1.29 is 9.47 Å². The lowest BCUT2D eigenvalue weighted by Crippen LogP contribution is -2.06. The number of aryl methyl sites for hydroxylation is 1. The van der Waals surface area contributed by atoms with E-state index in [1.165, 1.54) is 5.56 Å². The van der Waals surface area contributed by atoms with Crippen molar-refractivity contribution in [3.05, 3.63) is 59.8 Å². The van der Waals surface area contributed by atoms with E-state index >= 15 is 0 Å². The summed E-state index contributed by atoms with van der Waals surface area (Å²) < 4.78 is 10.6. The maximum Gasteiger partial charge on any atom is 0.249 e. The highest BCUT2D eigenvalue weighted by atomic mass is 16.5. The minimum atomic E-state index is 0.366. The Hall–Kier alpha value is -3.35. The lowest BCUT2D eigenvalue weighted by Gasteiger charge is -2.12. The van der Waals surface area contributed by atoms with Crippen LogP contribution >= 0.6 is 0 Å². The van der Waals surface area contributed by atoms with Crippen molar-refractivity contribution >= 4 is 17.5 Å². The van der Waals surface area contributed by atoms with Gasteiger partial charge in [0, 0.05) is 12.6 Å². The zero-order chi connectivity index (χ0) is 18.4. The van der Waals surface area contributed by atoms with Gasteiger partial charge in [0.15, 0.2) is 5.82 Å². The minimum absolute atomic E-state index is 0.366. The van der Waals surface area contributed by atoms with E-state index in [-0.39, 0.29) is 0 Å². The molecule has 3 rings (SSSR count). The number of aromatic nitrogens is 3. The quantitative estimate of drug-likeness (QED) is 0.673. The lowest BCUT2D eigenvalue weighted by atomic mass is 10.1. The molecule has 1 heterocycles. The largest absolute Gasteiger partial charge is 0.497 e. The van der Waals surface area contributed by atoms with Crippen LogP contribution in [0.5, 0.6) is 11.5 Å². The van der Waals surface area contributed by atoms with Crippen LogP contribution in [0.2, 0.25) is 0 Å². The molecule has 26 heavy (non-hydrogen) atoms. The molecule has 2 N–H and O–H groups in total. The van der Waals surface area contributed by atoms with Crippen molar-refractivity contribution in [2.45, 2.75) is 13.5 Å². The van der Waals surface area contributed by atoms with Crippen molar-refractivity contribution in [3.8, 4) is 11.5 Å². The molecule has 3 aromatic rings. The van der Waals surface area contributed by atoms with Gasteiger partial charge in [0.05, 0.1) is 26.1 Å². The average Bonchev–Trinajstić information content (AvgIpc) is 2.68. The molecule has 0 amide bonds. The first-order valence-corrected chi connectivity index (χ1v) is 8.16. The van der Waals surface area contributed by atoms with E-state index in [1.807, 2.05) is 18.2 Å². The van der Waals surface area contributed by atoms with Gasteiger partial charge in [0.25, 0.3) is 0 Å². The van der Waals surface area contributed by atoms with Gasteiger partial charge in [-0.3, -0.25) is 0 Å². The van der Waals surface area contributed by atoms with Crippen LogP contribution in [-0.4, -0.2) is 29.4 Å². The summed E-state index contributed by atoms with van der Waals surface area (Å²) in [7, 11) is 3.21. The number of benzene rings is 2. The van der Waals surface area contributed by atoms with Crippen molar-refractivity contribution in [1.29, 1.82) is 0 Å². The van der Waals surface area contributed by atoms with Gasteiger partial charge in [-0.2, -0.15) is 10.1 Å². The molecule has 134 valence electrons. The Morgan fingerprint density at radius 3 is 2.54 bits per heavy atom. The lowest BCUT2D eigenvalue weighted by molar-refractivity contribution is 0.405. The monoisotopic (exact) mass is 351 g/mol. The Bertz CT molecular complexity index is 868. The zero-order valence-electron chi connectivity index (χ0n) is 15.0. The van der Waals surface area contributed by atoms with Gasteiger partial charge >= 0.3 is 0 Å². The normalized spacial score (nSPS) is 10.3. The summed E-state index contributed by atoms with van der Waals surface area (Å²) in [6, 6.07) is 13.8. The van der Waals surface area contributed by atoms with Gasteiger partial charge < -0.3 is 20.1 Å². The standard InChI is InChI=1S/C19H21N5O2/c1-13-4-6-14(7-5-13)11-20-18-12-21-24-19(23-18)22-16-10-15(25-2)8-9-17(16)26-3/h4-10,12H,11H2,1-3H3,(H2,20,22,23,24). The third kappa shape index (κ3) is 4.38. The number of methoxy groups -OCH3 is 2. The van der Waals surface area contributed by atoms with Crippen LogP contribution in [0, 0.1) is 6.92 Å². The Kier molecular flexibility index (Phi) is 5.48. The van der Waals surface area contributed by atoms with Gasteiger partial charge in [0.2, 0.25) is 5.95 Å². The molecular weight excluding hydrogens is 330 g/mol. The predicted octanol–water partition coefficient (Wildman–Crippen LogP) is 3.55. The van der Waals surface area contributed by atoms with Crippen LogP contribution in [0.4, 0.5) is 17.5 Å². The summed E-state index contributed by atoms with van der Waals surface area (Å²) in [6.45, 7) is 2.72. The van der Waals surface area contributed by atoms with E-state index in [0.29, 0.717) is 35.5 Å². The molecule has 7 nitrogen and oxygen atoms in total. The Labute approximate surface area is 152 Å². The van der Waals surface area contributed by atoms with Crippen molar-refractivity contribution in [1.82, 2.24) is 15.2 Å². The second-order valence-electron chi connectivity index (χ2n) is 5.70. The SMILES string of the molecule is COc1ccc(OC)c(Nc2nncc(NCc3ccc(C)cc3)n2)c1. The van der Waals surface area contributed by atoms with E-state index in [2.05, 4.69) is 57.0 Å². The Morgan fingerprint density at radius 1 is 1.00 bits per heavy atom. The van der Waals surface area contributed by atoms with Crippen LogP contribution in [0.1, 0.15) is 11.1 Å².